The standard InChI is InChI=1S/C16H24ClN3O3S/c1-18-9-11-19(12-10-18)16(21)7-4-8-20(24(2,22)23)15-6-3-5-14(17)13-15/h3,5-6,13H,4,7-12H2,1-2H3/p+1. The van der Waals surface area contributed by atoms with Gasteiger partial charge in [0.2, 0.25) is 15.9 Å². The summed E-state index contributed by atoms with van der Waals surface area (Å²) in [7, 11) is -1.30. The molecule has 0 aliphatic carbocycles. The molecule has 0 aromatic heterocycles. The van der Waals surface area contributed by atoms with Crippen LogP contribution in [0, 0.1) is 0 Å². The summed E-state index contributed by atoms with van der Waals surface area (Å²) in [4.78, 5) is 15.6. The normalized spacial score (nSPS) is 16.2. The van der Waals surface area contributed by atoms with Crippen LogP contribution in [0.3, 0.4) is 0 Å². The number of rotatable bonds is 6. The molecular formula is C16H25ClN3O3S+. The van der Waals surface area contributed by atoms with Crippen molar-refractivity contribution in [1.29, 1.82) is 0 Å². The van der Waals surface area contributed by atoms with Crippen molar-refractivity contribution < 1.29 is 18.1 Å². The third-order valence-corrected chi connectivity index (χ3v) is 5.65. The Bertz CT molecular complexity index is 673. The van der Waals surface area contributed by atoms with Crippen LogP contribution in [0.2, 0.25) is 5.02 Å². The van der Waals surface area contributed by atoms with E-state index in [1.165, 1.54) is 15.5 Å². The first-order valence-electron chi connectivity index (χ1n) is 8.10. The summed E-state index contributed by atoms with van der Waals surface area (Å²) in [5.74, 6) is 0.0991. The molecule has 24 heavy (non-hydrogen) atoms. The van der Waals surface area contributed by atoms with E-state index in [1.807, 2.05) is 4.90 Å². The largest absolute Gasteiger partial charge is 0.334 e. The predicted octanol–water partition coefficient (Wildman–Crippen LogP) is 0.243. The van der Waals surface area contributed by atoms with Crippen molar-refractivity contribution in [1.82, 2.24) is 4.90 Å². The maximum atomic E-state index is 12.3. The fourth-order valence-electron chi connectivity index (χ4n) is 2.79. The minimum Gasteiger partial charge on any atom is -0.334 e. The maximum Gasteiger partial charge on any atom is 0.232 e. The smallest absolute Gasteiger partial charge is 0.232 e. The highest BCUT2D eigenvalue weighted by Gasteiger charge is 2.22. The van der Waals surface area contributed by atoms with Crippen LogP contribution in [-0.4, -0.2) is 65.3 Å². The predicted molar refractivity (Wildman–Crippen MR) is 96.1 cm³/mol. The molecule has 6 nitrogen and oxygen atoms in total. The van der Waals surface area contributed by atoms with Crippen molar-refractivity contribution in [2.24, 2.45) is 0 Å². The number of anilines is 1. The lowest BCUT2D eigenvalue weighted by molar-refractivity contribution is -0.883. The molecule has 0 bridgehead atoms. The molecule has 0 radical (unpaired) electrons. The molecule has 134 valence electrons. The number of piperazine rings is 1. The Morgan fingerprint density at radius 3 is 2.58 bits per heavy atom. The van der Waals surface area contributed by atoms with Crippen molar-refractivity contribution in [3.8, 4) is 0 Å². The average Bonchev–Trinajstić information content (AvgIpc) is 2.50. The Morgan fingerprint density at radius 2 is 2.00 bits per heavy atom. The van der Waals surface area contributed by atoms with Gasteiger partial charge in [-0.15, -0.1) is 0 Å². The molecule has 2 rings (SSSR count). The summed E-state index contributed by atoms with van der Waals surface area (Å²) in [6.45, 7) is 3.74. The molecule has 1 aliphatic heterocycles. The number of nitrogens with zero attached hydrogens (tertiary/aromatic N) is 2. The Hall–Kier alpha value is -1.31. The summed E-state index contributed by atoms with van der Waals surface area (Å²) in [5.41, 5.74) is 0.528. The van der Waals surface area contributed by atoms with Gasteiger partial charge in [-0.25, -0.2) is 8.42 Å². The molecule has 1 aliphatic rings. The molecule has 1 saturated heterocycles. The van der Waals surface area contributed by atoms with Gasteiger partial charge in [0.1, 0.15) is 0 Å². The van der Waals surface area contributed by atoms with Crippen LogP contribution in [0.15, 0.2) is 24.3 Å². The molecule has 8 heteroatoms. The van der Waals surface area contributed by atoms with Gasteiger partial charge < -0.3 is 9.80 Å². The average molecular weight is 375 g/mol. The number of likely N-dealkylation sites (N-methyl/N-ethyl adjacent to an activating group) is 1. The minimum absolute atomic E-state index is 0.0991. The van der Waals surface area contributed by atoms with E-state index in [-0.39, 0.29) is 12.5 Å². The van der Waals surface area contributed by atoms with E-state index in [1.54, 1.807) is 24.3 Å². The van der Waals surface area contributed by atoms with Crippen molar-refractivity contribution >= 4 is 33.2 Å². The summed E-state index contributed by atoms with van der Waals surface area (Å²) in [6.07, 6.45) is 2.00. The fourth-order valence-corrected chi connectivity index (χ4v) is 3.93. The lowest BCUT2D eigenvalue weighted by atomic mass is 10.2. The highest BCUT2D eigenvalue weighted by Crippen LogP contribution is 2.22. The Morgan fingerprint density at radius 1 is 1.33 bits per heavy atom. The lowest BCUT2D eigenvalue weighted by Gasteiger charge is -2.30. The van der Waals surface area contributed by atoms with Gasteiger partial charge in [0, 0.05) is 18.0 Å². The third-order valence-electron chi connectivity index (χ3n) is 4.22. The number of carbonyl (C=O) groups excluding carboxylic acids is 1. The third kappa shape index (κ3) is 5.36. The Labute approximate surface area is 149 Å². The van der Waals surface area contributed by atoms with Crippen LogP contribution >= 0.6 is 11.6 Å². The van der Waals surface area contributed by atoms with Crippen LogP contribution < -0.4 is 9.21 Å². The highest BCUT2D eigenvalue weighted by molar-refractivity contribution is 7.92. The first-order valence-corrected chi connectivity index (χ1v) is 10.3. The number of halogens is 1. The molecule has 0 saturated carbocycles. The number of carbonyl (C=O) groups is 1. The van der Waals surface area contributed by atoms with Crippen LogP contribution in [0.1, 0.15) is 12.8 Å². The molecule has 0 spiro atoms. The number of quaternary nitrogens is 1. The molecule has 0 atom stereocenters. The summed E-state index contributed by atoms with van der Waals surface area (Å²) < 4.78 is 25.4. The number of hydrogen-bond acceptors (Lipinski definition) is 3. The van der Waals surface area contributed by atoms with Gasteiger partial charge in [0.15, 0.2) is 0 Å². The van der Waals surface area contributed by atoms with E-state index in [0.29, 0.717) is 23.6 Å². The van der Waals surface area contributed by atoms with Gasteiger partial charge in [0.25, 0.3) is 0 Å². The second-order valence-corrected chi connectivity index (χ2v) is 8.60. The van der Waals surface area contributed by atoms with Gasteiger partial charge in [-0.1, -0.05) is 17.7 Å². The van der Waals surface area contributed by atoms with Crippen LogP contribution in [0.5, 0.6) is 0 Å². The van der Waals surface area contributed by atoms with E-state index in [0.717, 1.165) is 26.2 Å². The van der Waals surface area contributed by atoms with Gasteiger partial charge in [-0.05, 0) is 24.6 Å². The number of benzene rings is 1. The van der Waals surface area contributed by atoms with Crippen molar-refractivity contribution in [2.75, 3.05) is 50.3 Å². The first-order chi connectivity index (χ1) is 11.3. The van der Waals surface area contributed by atoms with Gasteiger partial charge in [-0.2, -0.15) is 0 Å². The van der Waals surface area contributed by atoms with Crippen LogP contribution in [0.25, 0.3) is 0 Å². The van der Waals surface area contributed by atoms with Gasteiger partial charge in [0.05, 0.1) is 45.2 Å². The molecule has 1 aromatic rings. The highest BCUT2D eigenvalue weighted by atomic mass is 35.5. The van der Waals surface area contributed by atoms with Crippen molar-refractivity contribution in [2.45, 2.75) is 12.8 Å². The van der Waals surface area contributed by atoms with Crippen molar-refractivity contribution in [3.63, 3.8) is 0 Å². The second-order valence-electron chi connectivity index (χ2n) is 6.26. The molecule has 1 N–H and O–H groups in total. The van der Waals surface area contributed by atoms with E-state index in [9.17, 15) is 13.2 Å². The molecule has 1 heterocycles. The lowest BCUT2D eigenvalue weighted by Crippen LogP contribution is -3.12. The van der Waals surface area contributed by atoms with Gasteiger partial charge >= 0.3 is 0 Å². The zero-order valence-corrected chi connectivity index (χ0v) is 15.7. The van der Waals surface area contributed by atoms with Crippen LogP contribution in [-0.2, 0) is 14.8 Å². The topological polar surface area (TPSA) is 62.1 Å². The fraction of sp³-hybridized carbons (Fsp3) is 0.562. The maximum absolute atomic E-state index is 12.3. The molecular weight excluding hydrogens is 350 g/mol. The van der Waals surface area contributed by atoms with Crippen molar-refractivity contribution in [3.05, 3.63) is 29.3 Å². The van der Waals surface area contributed by atoms with E-state index < -0.39 is 10.0 Å². The Balaban J connectivity index is 1.93. The number of amides is 1. The summed E-state index contributed by atoms with van der Waals surface area (Å²) >= 11 is 5.95. The number of sulfonamides is 1. The molecule has 1 amide bonds. The van der Waals surface area contributed by atoms with E-state index in [4.69, 9.17) is 11.6 Å². The number of hydrogen-bond donors (Lipinski definition) is 1. The zero-order valence-electron chi connectivity index (χ0n) is 14.2. The quantitative estimate of drug-likeness (QED) is 0.776. The SMILES string of the molecule is C[NH+]1CCN(C(=O)CCCN(c2cccc(Cl)c2)S(C)(=O)=O)CC1. The number of nitrogens with one attached hydrogen (secondary N) is 1. The van der Waals surface area contributed by atoms with E-state index in [2.05, 4.69) is 7.05 Å². The zero-order chi connectivity index (χ0) is 17.7. The van der Waals surface area contributed by atoms with Gasteiger partial charge in [-0.3, -0.25) is 9.10 Å². The monoisotopic (exact) mass is 374 g/mol. The van der Waals surface area contributed by atoms with E-state index >= 15 is 0 Å². The second kappa shape index (κ2) is 8.18. The summed E-state index contributed by atoms with van der Waals surface area (Å²) in [5, 5.41) is 0.483. The van der Waals surface area contributed by atoms with Crippen LogP contribution in [0.4, 0.5) is 5.69 Å². The molecule has 1 aromatic carbocycles. The minimum atomic E-state index is -3.42. The summed E-state index contributed by atoms with van der Waals surface area (Å²) in [6, 6.07) is 6.74. The Kier molecular flexibility index (Phi) is 6.48. The molecule has 1 fully saturated rings. The first kappa shape index (κ1) is 19.0. The molecule has 0 unspecified atom stereocenters.